The molecule has 0 saturated carbocycles. The summed E-state index contributed by atoms with van der Waals surface area (Å²) in [6.45, 7) is 0. The van der Waals surface area contributed by atoms with Crippen LogP contribution in [0.15, 0.2) is 42.6 Å². The SMILES string of the molecule is Nn1cccc1C(=O)Nc1cccc(F)c1. The van der Waals surface area contributed by atoms with Crippen molar-refractivity contribution in [1.29, 1.82) is 0 Å². The molecular weight excluding hydrogens is 209 g/mol. The Bertz CT molecular complexity index is 521. The predicted molar refractivity (Wildman–Crippen MR) is 58.9 cm³/mol. The number of amides is 1. The number of carbonyl (C=O) groups is 1. The predicted octanol–water partition coefficient (Wildman–Crippen LogP) is 1.59. The van der Waals surface area contributed by atoms with Crippen LogP contribution < -0.4 is 11.2 Å². The summed E-state index contributed by atoms with van der Waals surface area (Å²) in [6.07, 6.45) is 1.56. The van der Waals surface area contributed by atoms with Gasteiger partial charge in [-0.15, -0.1) is 0 Å². The van der Waals surface area contributed by atoms with Gasteiger partial charge in [0, 0.05) is 11.9 Å². The van der Waals surface area contributed by atoms with Crippen LogP contribution in [0.2, 0.25) is 0 Å². The van der Waals surface area contributed by atoms with Crippen LogP contribution in [0.5, 0.6) is 0 Å². The van der Waals surface area contributed by atoms with E-state index >= 15 is 0 Å². The molecule has 1 heterocycles. The maximum absolute atomic E-state index is 12.9. The number of carbonyl (C=O) groups excluding carboxylic acids is 1. The highest BCUT2D eigenvalue weighted by Crippen LogP contribution is 2.10. The molecule has 0 aliphatic rings. The molecule has 1 aromatic carbocycles. The molecule has 3 N–H and O–H groups in total. The van der Waals surface area contributed by atoms with E-state index in [1.54, 1.807) is 24.4 Å². The Balaban J connectivity index is 2.17. The van der Waals surface area contributed by atoms with Crippen LogP contribution in [0.25, 0.3) is 0 Å². The van der Waals surface area contributed by atoms with Crippen LogP contribution >= 0.6 is 0 Å². The van der Waals surface area contributed by atoms with Crippen molar-refractivity contribution in [2.75, 3.05) is 11.2 Å². The highest BCUT2D eigenvalue weighted by molar-refractivity contribution is 6.03. The molecule has 0 spiro atoms. The van der Waals surface area contributed by atoms with E-state index in [2.05, 4.69) is 5.32 Å². The van der Waals surface area contributed by atoms with Gasteiger partial charge in [0.05, 0.1) is 0 Å². The molecule has 1 aromatic heterocycles. The van der Waals surface area contributed by atoms with E-state index in [1.807, 2.05) is 0 Å². The molecule has 16 heavy (non-hydrogen) atoms. The van der Waals surface area contributed by atoms with Crippen LogP contribution in [-0.2, 0) is 0 Å². The number of anilines is 1. The largest absolute Gasteiger partial charge is 0.339 e. The summed E-state index contributed by atoms with van der Waals surface area (Å²) in [7, 11) is 0. The van der Waals surface area contributed by atoms with Crippen LogP contribution in [-0.4, -0.2) is 10.6 Å². The quantitative estimate of drug-likeness (QED) is 0.753. The number of halogens is 1. The van der Waals surface area contributed by atoms with Crippen molar-refractivity contribution in [2.24, 2.45) is 0 Å². The minimum atomic E-state index is -0.402. The number of nitrogens with two attached hydrogens (primary N) is 1. The second-order valence-electron chi connectivity index (χ2n) is 3.27. The Morgan fingerprint density at radius 2 is 2.12 bits per heavy atom. The van der Waals surface area contributed by atoms with Crippen molar-refractivity contribution in [3.63, 3.8) is 0 Å². The van der Waals surface area contributed by atoms with Crippen molar-refractivity contribution in [3.8, 4) is 0 Å². The third-order valence-corrected chi connectivity index (χ3v) is 2.09. The number of benzene rings is 1. The summed E-state index contributed by atoms with van der Waals surface area (Å²) in [6, 6.07) is 8.90. The lowest BCUT2D eigenvalue weighted by atomic mass is 10.3. The van der Waals surface area contributed by atoms with Gasteiger partial charge in [-0.2, -0.15) is 0 Å². The number of aromatic nitrogens is 1. The topological polar surface area (TPSA) is 60.0 Å². The minimum absolute atomic E-state index is 0.310. The fraction of sp³-hybridized carbons (Fsp3) is 0. The van der Waals surface area contributed by atoms with Crippen LogP contribution in [0.1, 0.15) is 10.5 Å². The van der Waals surface area contributed by atoms with E-state index < -0.39 is 5.82 Å². The number of nitrogens with zero attached hydrogens (tertiary/aromatic N) is 1. The molecule has 0 saturated heterocycles. The summed E-state index contributed by atoms with van der Waals surface area (Å²) in [5.74, 6) is 4.73. The van der Waals surface area contributed by atoms with Crippen molar-refractivity contribution < 1.29 is 9.18 Å². The Hall–Kier alpha value is -2.30. The molecule has 0 aliphatic heterocycles. The summed E-state index contributed by atoms with van der Waals surface area (Å²) >= 11 is 0. The summed E-state index contributed by atoms with van der Waals surface area (Å²) in [4.78, 5) is 11.7. The fourth-order valence-corrected chi connectivity index (χ4v) is 1.35. The maximum atomic E-state index is 12.9. The molecule has 2 rings (SSSR count). The first-order valence-electron chi connectivity index (χ1n) is 4.66. The molecule has 0 unspecified atom stereocenters. The maximum Gasteiger partial charge on any atom is 0.274 e. The molecule has 5 heteroatoms. The van der Waals surface area contributed by atoms with Crippen LogP contribution in [0.4, 0.5) is 10.1 Å². The Morgan fingerprint density at radius 1 is 1.31 bits per heavy atom. The number of hydrogen-bond donors (Lipinski definition) is 2. The minimum Gasteiger partial charge on any atom is -0.339 e. The highest BCUT2D eigenvalue weighted by atomic mass is 19.1. The van der Waals surface area contributed by atoms with Crippen molar-refractivity contribution in [1.82, 2.24) is 4.68 Å². The first-order valence-corrected chi connectivity index (χ1v) is 4.66. The number of rotatable bonds is 2. The molecule has 0 aliphatic carbocycles. The van der Waals surface area contributed by atoms with E-state index in [0.29, 0.717) is 11.4 Å². The van der Waals surface area contributed by atoms with Gasteiger partial charge in [0.1, 0.15) is 11.5 Å². The lowest BCUT2D eigenvalue weighted by Crippen LogP contribution is -2.20. The van der Waals surface area contributed by atoms with Gasteiger partial charge in [0.2, 0.25) is 0 Å². The zero-order valence-corrected chi connectivity index (χ0v) is 8.35. The molecule has 2 aromatic rings. The summed E-state index contributed by atoms with van der Waals surface area (Å²) < 4.78 is 14.1. The lowest BCUT2D eigenvalue weighted by molar-refractivity contribution is 0.102. The highest BCUT2D eigenvalue weighted by Gasteiger charge is 2.09. The molecule has 82 valence electrons. The molecule has 0 fully saturated rings. The first-order chi connectivity index (χ1) is 7.66. The van der Waals surface area contributed by atoms with Gasteiger partial charge in [-0.25, -0.2) is 4.39 Å². The first kappa shape index (κ1) is 10.2. The number of nitrogens with one attached hydrogen (secondary N) is 1. The van der Waals surface area contributed by atoms with E-state index in [4.69, 9.17) is 5.84 Å². The van der Waals surface area contributed by atoms with Gasteiger partial charge in [-0.1, -0.05) is 6.07 Å². The van der Waals surface area contributed by atoms with Crippen molar-refractivity contribution in [3.05, 3.63) is 54.1 Å². The van der Waals surface area contributed by atoms with E-state index in [9.17, 15) is 9.18 Å². The third kappa shape index (κ3) is 2.03. The Morgan fingerprint density at radius 3 is 2.75 bits per heavy atom. The average molecular weight is 219 g/mol. The second kappa shape index (κ2) is 4.06. The molecule has 0 atom stereocenters. The summed E-state index contributed by atoms with van der Waals surface area (Å²) in [5.41, 5.74) is 0.704. The van der Waals surface area contributed by atoms with Crippen LogP contribution in [0.3, 0.4) is 0 Å². The van der Waals surface area contributed by atoms with Gasteiger partial charge < -0.3 is 11.2 Å². The second-order valence-corrected chi connectivity index (χ2v) is 3.27. The van der Waals surface area contributed by atoms with E-state index in [-0.39, 0.29) is 5.91 Å². The monoisotopic (exact) mass is 219 g/mol. The zero-order chi connectivity index (χ0) is 11.5. The zero-order valence-electron chi connectivity index (χ0n) is 8.35. The van der Waals surface area contributed by atoms with Gasteiger partial charge in [0.25, 0.3) is 5.91 Å². The van der Waals surface area contributed by atoms with Crippen molar-refractivity contribution >= 4 is 11.6 Å². The lowest BCUT2D eigenvalue weighted by Gasteiger charge is -2.05. The van der Waals surface area contributed by atoms with Crippen molar-refractivity contribution in [2.45, 2.75) is 0 Å². The fourth-order valence-electron chi connectivity index (χ4n) is 1.35. The Labute approximate surface area is 91.5 Å². The molecular formula is C11H10FN3O. The van der Waals surface area contributed by atoms with Gasteiger partial charge in [-0.3, -0.25) is 9.47 Å². The summed E-state index contributed by atoms with van der Waals surface area (Å²) in [5, 5.41) is 2.55. The number of nitrogen functional groups attached to an aromatic ring is 1. The number of hydrogen-bond acceptors (Lipinski definition) is 2. The van der Waals surface area contributed by atoms with E-state index in [0.717, 1.165) is 0 Å². The third-order valence-electron chi connectivity index (χ3n) is 2.09. The van der Waals surface area contributed by atoms with Gasteiger partial charge in [0.15, 0.2) is 0 Å². The standard InChI is InChI=1S/C11H10FN3O/c12-8-3-1-4-9(7-8)14-11(16)10-5-2-6-15(10)13/h1-7H,13H2,(H,14,16). The van der Waals surface area contributed by atoms with Gasteiger partial charge >= 0.3 is 0 Å². The molecule has 0 bridgehead atoms. The van der Waals surface area contributed by atoms with Crippen LogP contribution in [0, 0.1) is 5.82 Å². The normalized spacial score (nSPS) is 10.1. The van der Waals surface area contributed by atoms with E-state index in [1.165, 1.54) is 22.9 Å². The average Bonchev–Trinajstić information content (AvgIpc) is 2.64. The smallest absolute Gasteiger partial charge is 0.274 e. The molecule has 0 radical (unpaired) electrons. The Kier molecular flexibility index (Phi) is 2.59. The molecule has 4 nitrogen and oxygen atoms in total. The van der Waals surface area contributed by atoms with Gasteiger partial charge in [-0.05, 0) is 30.3 Å². The molecule has 1 amide bonds.